The van der Waals surface area contributed by atoms with Crippen LogP contribution in [0.2, 0.25) is 0 Å². The molecule has 1 heterocycles. The summed E-state index contributed by atoms with van der Waals surface area (Å²) in [5.74, 6) is -0.382. The summed E-state index contributed by atoms with van der Waals surface area (Å²) in [7, 11) is 0. The number of rotatable bonds is 11. The number of ketones is 1. The van der Waals surface area contributed by atoms with Crippen LogP contribution < -0.4 is 10.6 Å². The number of ether oxygens (including phenoxy) is 1. The molecule has 1 fully saturated rings. The largest absolute Gasteiger partial charge is 0.393 e. The van der Waals surface area contributed by atoms with E-state index in [-0.39, 0.29) is 36.0 Å². The summed E-state index contributed by atoms with van der Waals surface area (Å²) in [5.41, 5.74) is 1.47. The first kappa shape index (κ1) is 24.4. The Hall–Kier alpha value is -2.25. The van der Waals surface area contributed by atoms with Crippen LogP contribution in [0.1, 0.15) is 57.6 Å². The highest BCUT2D eigenvalue weighted by Gasteiger charge is 2.54. The highest BCUT2D eigenvalue weighted by Crippen LogP contribution is 2.30. The number of hydrogen-bond donors (Lipinski definition) is 3. The minimum Gasteiger partial charge on any atom is -0.393 e. The van der Waals surface area contributed by atoms with E-state index >= 15 is 0 Å². The number of carbonyl (C=O) groups excluding carboxylic acids is 3. The van der Waals surface area contributed by atoms with E-state index in [1.54, 1.807) is 0 Å². The maximum atomic E-state index is 12.9. The van der Waals surface area contributed by atoms with Gasteiger partial charge in [0.05, 0.1) is 19.3 Å². The Labute approximate surface area is 190 Å². The van der Waals surface area contributed by atoms with Crippen molar-refractivity contribution in [3.05, 3.63) is 35.4 Å². The first-order valence-corrected chi connectivity index (χ1v) is 11.7. The second-order valence-corrected chi connectivity index (χ2v) is 9.61. The van der Waals surface area contributed by atoms with Crippen molar-refractivity contribution < 1.29 is 24.2 Å². The number of hydrogen-bond acceptors (Lipinski definition) is 5. The average molecular weight is 445 g/mol. The first-order valence-electron chi connectivity index (χ1n) is 11.7. The third-order valence-electron chi connectivity index (χ3n) is 6.52. The summed E-state index contributed by atoms with van der Waals surface area (Å²) in [6.45, 7) is 5.54. The minimum absolute atomic E-state index is 0.138. The number of aliphatic hydroxyl groups excluding tert-OH is 1. The standard InChI is InChI=1S/C25H36N2O5/c1-4-20(24(31)27-21(11-16(2)3)23(30)25(14-28)15-32-25)26-22(29)13-17-9-10-18-7-5-6-8-19(18)12-17/h5-8,16-17,20-21,28H,4,9-15H2,1-3H3,(H,26,29)(H,27,31). The summed E-state index contributed by atoms with van der Waals surface area (Å²) in [5, 5.41) is 15.2. The van der Waals surface area contributed by atoms with Gasteiger partial charge in [-0.1, -0.05) is 45.0 Å². The highest BCUT2D eigenvalue weighted by atomic mass is 16.6. The zero-order chi connectivity index (χ0) is 23.3. The van der Waals surface area contributed by atoms with Crippen molar-refractivity contribution in [2.24, 2.45) is 11.8 Å². The summed E-state index contributed by atoms with van der Waals surface area (Å²) in [6, 6.07) is 6.89. The lowest BCUT2D eigenvalue weighted by Crippen LogP contribution is -2.54. The number of epoxide rings is 1. The van der Waals surface area contributed by atoms with E-state index in [1.165, 1.54) is 11.1 Å². The van der Waals surface area contributed by atoms with Gasteiger partial charge < -0.3 is 20.5 Å². The van der Waals surface area contributed by atoms with Gasteiger partial charge in [-0.05, 0) is 55.1 Å². The predicted octanol–water partition coefficient (Wildman–Crippen LogP) is 1.94. The Morgan fingerprint density at radius 2 is 1.84 bits per heavy atom. The second-order valence-electron chi connectivity index (χ2n) is 9.61. The van der Waals surface area contributed by atoms with E-state index in [2.05, 4.69) is 22.8 Å². The molecule has 32 heavy (non-hydrogen) atoms. The van der Waals surface area contributed by atoms with Gasteiger partial charge in [-0.15, -0.1) is 0 Å². The Morgan fingerprint density at radius 1 is 1.16 bits per heavy atom. The Morgan fingerprint density at radius 3 is 2.44 bits per heavy atom. The quantitative estimate of drug-likeness (QED) is 0.452. The molecule has 3 N–H and O–H groups in total. The Bertz CT molecular complexity index is 833. The fraction of sp³-hybridized carbons (Fsp3) is 0.640. The topological polar surface area (TPSA) is 108 Å². The van der Waals surface area contributed by atoms with Crippen LogP contribution in [0.4, 0.5) is 0 Å². The fourth-order valence-electron chi connectivity index (χ4n) is 4.51. The van der Waals surface area contributed by atoms with Crippen molar-refractivity contribution in [2.75, 3.05) is 13.2 Å². The highest BCUT2D eigenvalue weighted by molar-refractivity contribution is 5.98. The third-order valence-corrected chi connectivity index (χ3v) is 6.52. The molecule has 4 atom stereocenters. The molecule has 0 saturated carbocycles. The molecule has 3 rings (SSSR count). The SMILES string of the molecule is CCC(NC(=O)CC1CCc2ccccc2C1)C(=O)NC(CC(C)C)C(=O)C1(CO)CO1. The van der Waals surface area contributed by atoms with E-state index < -0.39 is 24.3 Å². The molecular formula is C25H36N2O5. The number of fused-ring (bicyclic) bond motifs is 1. The van der Waals surface area contributed by atoms with Crippen LogP contribution in [0.5, 0.6) is 0 Å². The van der Waals surface area contributed by atoms with E-state index in [1.807, 2.05) is 32.9 Å². The molecule has 1 aliphatic heterocycles. The van der Waals surface area contributed by atoms with Gasteiger partial charge in [0, 0.05) is 6.42 Å². The van der Waals surface area contributed by atoms with Gasteiger partial charge in [0.25, 0.3) is 0 Å². The number of amides is 2. The molecule has 1 aromatic rings. The van der Waals surface area contributed by atoms with Gasteiger partial charge in [0.15, 0.2) is 11.4 Å². The molecule has 0 radical (unpaired) electrons. The molecule has 1 aromatic carbocycles. The Balaban J connectivity index is 1.56. The number of carbonyl (C=O) groups is 3. The number of Topliss-reactive ketones (excluding diaryl/α,β-unsaturated/α-hetero) is 1. The van der Waals surface area contributed by atoms with Gasteiger partial charge in [0.1, 0.15) is 6.04 Å². The lowest BCUT2D eigenvalue weighted by molar-refractivity contribution is -0.134. The van der Waals surface area contributed by atoms with Crippen molar-refractivity contribution >= 4 is 17.6 Å². The van der Waals surface area contributed by atoms with Gasteiger partial charge in [-0.3, -0.25) is 14.4 Å². The summed E-state index contributed by atoms with van der Waals surface area (Å²) < 4.78 is 5.19. The van der Waals surface area contributed by atoms with Crippen molar-refractivity contribution in [3.63, 3.8) is 0 Å². The van der Waals surface area contributed by atoms with Gasteiger partial charge in [-0.25, -0.2) is 0 Å². The van der Waals surface area contributed by atoms with E-state index in [4.69, 9.17) is 4.74 Å². The lowest BCUT2D eigenvalue weighted by Gasteiger charge is -2.26. The van der Waals surface area contributed by atoms with Gasteiger partial charge in [0.2, 0.25) is 11.8 Å². The van der Waals surface area contributed by atoms with Crippen molar-refractivity contribution in [1.82, 2.24) is 10.6 Å². The number of nitrogens with one attached hydrogen (secondary N) is 2. The van der Waals surface area contributed by atoms with Crippen LogP contribution in [-0.2, 0) is 32.0 Å². The molecule has 1 aliphatic carbocycles. The second kappa shape index (κ2) is 10.6. The normalized spacial score (nSPS) is 23.7. The van der Waals surface area contributed by atoms with Crippen molar-refractivity contribution in [2.45, 2.75) is 77.0 Å². The lowest BCUT2D eigenvalue weighted by atomic mass is 9.82. The number of benzene rings is 1. The van der Waals surface area contributed by atoms with Crippen LogP contribution in [-0.4, -0.2) is 53.6 Å². The molecule has 2 aliphatic rings. The summed E-state index contributed by atoms with van der Waals surface area (Å²) >= 11 is 0. The molecule has 0 bridgehead atoms. The fourth-order valence-corrected chi connectivity index (χ4v) is 4.51. The Kier molecular flexibility index (Phi) is 8.06. The smallest absolute Gasteiger partial charge is 0.243 e. The van der Waals surface area contributed by atoms with Crippen LogP contribution in [0.15, 0.2) is 24.3 Å². The zero-order valence-corrected chi connectivity index (χ0v) is 19.4. The van der Waals surface area contributed by atoms with E-state index in [0.717, 1.165) is 19.3 Å². The maximum absolute atomic E-state index is 12.9. The molecule has 7 nitrogen and oxygen atoms in total. The minimum atomic E-state index is -1.19. The monoisotopic (exact) mass is 444 g/mol. The summed E-state index contributed by atoms with van der Waals surface area (Å²) in [4.78, 5) is 38.5. The average Bonchev–Trinajstić information content (AvgIpc) is 3.57. The van der Waals surface area contributed by atoms with E-state index in [0.29, 0.717) is 19.3 Å². The molecule has 7 heteroatoms. The molecular weight excluding hydrogens is 408 g/mol. The van der Waals surface area contributed by atoms with E-state index in [9.17, 15) is 19.5 Å². The molecule has 0 spiro atoms. The first-order chi connectivity index (χ1) is 15.3. The summed E-state index contributed by atoms with van der Waals surface area (Å²) in [6.07, 6.45) is 4.06. The van der Waals surface area contributed by atoms with Crippen LogP contribution >= 0.6 is 0 Å². The number of aliphatic hydroxyl groups is 1. The molecule has 1 saturated heterocycles. The van der Waals surface area contributed by atoms with Crippen molar-refractivity contribution in [1.29, 1.82) is 0 Å². The van der Waals surface area contributed by atoms with Gasteiger partial charge in [-0.2, -0.15) is 0 Å². The maximum Gasteiger partial charge on any atom is 0.243 e. The van der Waals surface area contributed by atoms with Gasteiger partial charge >= 0.3 is 0 Å². The molecule has 176 valence electrons. The van der Waals surface area contributed by atoms with Crippen molar-refractivity contribution in [3.8, 4) is 0 Å². The van der Waals surface area contributed by atoms with Crippen LogP contribution in [0.25, 0.3) is 0 Å². The molecule has 0 aromatic heterocycles. The van der Waals surface area contributed by atoms with Crippen LogP contribution in [0.3, 0.4) is 0 Å². The molecule has 2 amide bonds. The third kappa shape index (κ3) is 5.95. The predicted molar refractivity (Wildman–Crippen MR) is 121 cm³/mol. The van der Waals surface area contributed by atoms with Crippen LogP contribution in [0, 0.1) is 11.8 Å². The molecule has 4 unspecified atom stereocenters. The zero-order valence-electron chi connectivity index (χ0n) is 19.4. The number of aryl methyl sites for hydroxylation is 1.